The third-order valence-corrected chi connectivity index (χ3v) is 3.82. The molecular formula is C17H18N2O2. The largest absolute Gasteiger partial charge is 0.389 e. The maximum atomic E-state index is 12.5. The Kier molecular flexibility index (Phi) is 3.62. The zero-order valence-corrected chi connectivity index (χ0v) is 11.8. The molecule has 2 aromatic rings. The number of fused-ring (bicyclic) bond motifs is 1. The Morgan fingerprint density at radius 3 is 2.76 bits per heavy atom. The van der Waals surface area contributed by atoms with Crippen molar-refractivity contribution in [2.75, 3.05) is 17.2 Å². The molecule has 0 saturated heterocycles. The van der Waals surface area contributed by atoms with E-state index in [2.05, 4.69) is 10.6 Å². The Morgan fingerprint density at radius 1 is 1.24 bits per heavy atom. The maximum absolute atomic E-state index is 12.5. The molecule has 3 rings (SSSR count). The Hall–Kier alpha value is -2.33. The number of hydrogen-bond acceptors (Lipinski definition) is 3. The van der Waals surface area contributed by atoms with Gasteiger partial charge in [-0.15, -0.1) is 0 Å². The van der Waals surface area contributed by atoms with Crippen LogP contribution in [0.3, 0.4) is 0 Å². The third-order valence-electron chi connectivity index (χ3n) is 3.82. The summed E-state index contributed by atoms with van der Waals surface area (Å²) in [5.41, 5.74) is 3.43. The van der Waals surface area contributed by atoms with Crippen molar-refractivity contribution < 1.29 is 9.90 Å². The van der Waals surface area contributed by atoms with Crippen molar-refractivity contribution in [3.05, 3.63) is 59.7 Å². The fourth-order valence-electron chi connectivity index (χ4n) is 2.71. The number of anilines is 2. The molecule has 0 bridgehead atoms. The smallest absolute Gasteiger partial charge is 0.233 e. The summed E-state index contributed by atoms with van der Waals surface area (Å²) in [7, 11) is 0. The highest BCUT2D eigenvalue weighted by Crippen LogP contribution is 2.32. The van der Waals surface area contributed by atoms with Gasteiger partial charge >= 0.3 is 0 Å². The van der Waals surface area contributed by atoms with E-state index in [9.17, 15) is 9.90 Å². The lowest BCUT2D eigenvalue weighted by Gasteiger charge is -2.15. The number of carbonyl (C=O) groups is 1. The quantitative estimate of drug-likeness (QED) is 0.811. The van der Waals surface area contributed by atoms with Crippen molar-refractivity contribution in [3.8, 4) is 0 Å². The summed E-state index contributed by atoms with van der Waals surface area (Å²) in [5, 5.41) is 16.0. The first-order valence-corrected chi connectivity index (χ1v) is 7.07. The molecule has 1 aliphatic rings. The van der Waals surface area contributed by atoms with Crippen molar-refractivity contribution in [2.45, 2.75) is 18.9 Å². The van der Waals surface area contributed by atoms with Gasteiger partial charge in [-0.3, -0.25) is 4.79 Å². The monoisotopic (exact) mass is 282 g/mol. The SMILES string of the molecule is CC(O)c1ccccc1NC(=O)C1CNc2ccccc21. The molecule has 2 aromatic carbocycles. The lowest BCUT2D eigenvalue weighted by molar-refractivity contribution is -0.117. The molecule has 0 saturated carbocycles. The summed E-state index contributed by atoms with van der Waals surface area (Å²) >= 11 is 0. The van der Waals surface area contributed by atoms with Gasteiger partial charge < -0.3 is 15.7 Å². The molecule has 1 amide bonds. The van der Waals surface area contributed by atoms with Gasteiger partial charge in [0.1, 0.15) is 0 Å². The van der Waals surface area contributed by atoms with Crippen LogP contribution in [0.25, 0.3) is 0 Å². The predicted molar refractivity (Wildman–Crippen MR) is 83.4 cm³/mol. The highest BCUT2D eigenvalue weighted by Gasteiger charge is 2.28. The number of nitrogens with one attached hydrogen (secondary N) is 2. The van der Waals surface area contributed by atoms with E-state index in [1.165, 1.54) is 0 Å². The van der Waals surface area contributed by atoms with Crippen molar-refractivity contribution in [2.24, 2.45) is 0 Å². The molecule has 0 radical (unpaired) electrons. The number of aliphatic hydroxyl groups excluding tert-OH is 1. The van der Waals surface area contributed by atoms with Crippen molar-refractivity contribution >= 4 is 17.3 Å². The van der Waals surface area contributed by atoms with Gasteiger partial charge in [0.25, 0.3) is 0 Å². The van der Waals surface area contributed by atoms with Crippen LogP contribution in [-0.4, -0.2) is 17.6 Å². The zero-order valence-electron chi connectivity index (χ0n) is 11.8. The second-order valence-corrected chi connectivity index (χ2v) is 5.27. The van der Waals surface area contributed by atoms with E-state index in [1.807, 2.05) is 48.5 Å². The Bertz CT molecular complexity index is 667. The Morgan fingerprint density at radius 2 is 1.95 bits per heavy atom. The van der Waals surface area contributed by atoms with Gasteiger partial charge in [0, 0.05) is 23.5 Å². The Balaban J connectivity index is 1.82. The first kappa shape index (κ1) is 13.6. The molecule has 0 aromatic heterocycles. The lowest BCUT2D eigenvalue weighted by atomic mass is 10.00. The van der Waals surface area contributed by atoms with Crippen LogP contribution in [0.5, 0.6) is 0 Å². The highest BCUT2D eigenvalue weighted by atomic mass is 16.3. The van der Waals surface area contributed by atoms with Crippen molar-refractivity contribution in [3.63, 3.8) is 0 Å². The first-order valence-electron chi connectivity index (χ1n) is 7.07. The summed E-state index contributed by atoms with van der Waals surface area (Å²) in [4.78, 5) is 12.5. The molecule has 0 aliphatic carbocycles. The lowest BCUT2D eigenvalue weighted by Crippen LogP contribution is -2.23. The molecule has 1 aliphatic heterocycles. The van der Waals surface area contributed by atoms with Gasteiger partial charge in [0.15, 0.2) is 0 Å². The van der Waals surface area contributed by atoms with Crippen LogP contribution in [0.4, 0.5) is 11.4 Å². The molecule has 0 spiro atoms. The van der Waals surface area contributed by atoms with Crippen LogP contribution < -0.4 is 10.6 Å². The molecule has 21 heavy (non-hydrogen) atoms. The van der Waals surface area contributed by atoms with E-state index < -0.39 is 6.10 Å². The molecule has 1 heterocycles. The molecular weight excluding hydrogens is 264 g/mol. The average Bonchev–Trinajstić information content (AvgIpc) is 2.91. The number of aliphatic hydroxyl groups is 1. The van der Waals surface area contributed by atoms with Crippen LogP contribution in [0.1, 0.15) is 30.1 Å². The van der Waals surface area contributed by atoms with Crippen LogP contribution in [-0.2, 0) is 4.79 Å². The number of benzene rings is 2. The minimum atomic E-state index is -0.615. The summed E-state index contributed by atoms with van der Waals surface area (Å²) in [5.74, 6) is -0.260. The van der Waals surface area contributed by atoms with Crippen molar-refractivity contribution in [1.82, 2.24) is 0 Å². The summed E-state index contributed by atoms with van der Waals surface area (Å²) in [6.07, 6.45) is -0.615. The van der Waals surface area contributed by atoms with Gasteiger partial charge in [0.05, 0.1) is 12.0 Å². The van der Waals surface area contributed by atoms with Gasteiger partial charge in [-0.1, -0.05) is 36.4 Å². The van der Waals surface area contributed by atoms with Crippen LogP contribution >= 0.6 is 0 Å². The average molecular weight is 282 g/mol. The Labute approximate surface area is 123 Å². The topological polar surface area (TPSA) is 61.4 Å². The van der Waals surface area contributed by atoms with Crippen LogP contribution in [0, 0.1) is 0 Å². The zero-order chi connectivity index (χ0) is 14.8. The molecule has 3 N–H and O–H groups in total. The van der Waals surface area contributed by atoms with Crippen LogP contribution in [0.15, 0.2) is 48.5 Å². The third kappa shape index (κ3) is 2.62. The van der Waals surface area contributed by atoms with Crippen LogP contribution in [0.2, 0.25) is 0 Å². The van der Waals surface area contributed by atoms with E-state index >= 15 is 0 Å². The predicted octanol–water partition coefficient (Wildman–Crippen LogP) is 2.89. The molecule has 4 nitrogen and oxygen atoms in total. The minimum absolute atomic E-state index is 0.0550. The number of hydrogen-bond donors (Lipinski definition) is 3. The minimum Gasteiger partial charge on any atom is -0.389 e. The van der Waals surface area contributed by atoms with E-state index in [4.69, 9.17) is 0 Å². The van der Waals surface area contributed by atoms with E-state index in [0.29, 0.717) is 12.2 Å². The summed E-state index contributed by atoms with van der Waals surface area (Å²) < 4.78 is 0. The number of amides is 1. The van der Waals surface area contributed by atoms with Gasteiger partial charge in [-0.2, -0.15) is 0 Å². The molecule has 108 valence electrons. The number of rotatable bonds is 3. The van der Waals surface area contributed by atoms with Crippen molar-refractivity contribution in [1.29, 1.82) is 0 Å². The fraction of sp³-hybridized carbons (Fsp3) is 0.235. The second-order valence-electron chi connectivity index (χ2n) is 5.27. The van der Waals surface area contributed by atoms with E-state index in [1.54, 1.807) is 6.92 Å². The second kappa shape index (κ2) is 5.58. The van der Waals surface area contributed by atoms with Gasteiger partial charge in [0.2, 0.25) is 5.91 Å². The van der Waals surface area contributed by atoms with E-state index in [-0.39, 0.29) is 11.8 Å². The standard InChI is InChI=1S/C17H18N2O2/c1-11(20)12-6-2-5-9-16(12)19-17(21)14-10-18-15-8-4-3-7-13(14)15/h2-9,11,14,18,20H,10H2,1H3,(H,19,21). The fourth-order valence-corrected chi connectivity index (χ4v) is 2.71. The molecule has 2 atom stereocenters. The number of carbonyl (C=O) groups excluding carboxylic acids is 1. The summed E-state index contributed by atoms with van der Waals surface area (Å²) in [6, 6.07) is 15.2. The summed E-state index contributed by atoms with van der Waals surface area (Å²) in [6.45, 7) is 2.29. The number of para-hydroxylation sites is 2. The first-order chi connectivity index (χ1) is 10.2. The maximum Gasteiger partial charge on any atom is 0.233 e. The van der Waals surface area contributed by atoms with E-state index in [0.717, 1.165) is 16.8 Å². The van der Waals surface area contributed by atoms with Gasteiger partial charge in [-0.25, -0.2) is 0 Å². The molecule has 2 unspecified atom stereocenters. The van der Waals surface area contributed by atoms with Gasteiger partial charge in [-0.05, 0) is 24.6 Å². The molecule has 0 fully saturated rings. The molecule has 4 heteroatoms. The normalized spacial score (nSPS) is 17.7. The highest BCUT2D eigenvalue weighted by molar-refractivity contribution is 5.98.